The Morgan fingerprint density at radius 2 is 2.14 bits per heavy atom. The Balaban J connectivity index is 2.15. The summed E-state index contributed by atoms with van der Waals surface area (Å²) in [5, 5.41) is 1.44. The van der Waals surface area contributed by atoms with E-state index in [1.807, 2.05) is 30.0 Å². The molecule has 21 heavy (non-hydrogen) atoms. The number of rotatable bonds is 4. The van der Waals surface area contributed by atoms with Gasteiger partial charge in [-0.05, 0) is 31.2 Å². The first-order valence-corrected chi connectivity index (χ1v) is 9.70. The molecule has 1 heterocycles. The Labute approximate surface area is 140 Å². The fourth-order valence-electron chi connectivity index (χ4n) is 3.42. The highest BCUT2D eigenvalue weighted by Crippen LogP contribution is 2.39. The number of alkyl halides is 1. The third kappa shape index (κ3) is 2.93. The second-order valence-electron chi connectivity index (χ2n) is 5.57. The van der Waals surface area contributed by atoms with Crippen LogP contribution in [0.2, 0.25) is 5.02 Å². The highest BCUT2D eigenvalue weighted by Gasteiger charge is 2.29. The van der Waals surface area contributed by atoms with Crippen LogP contribution in [0.5, 0.6) is 0 Å². The molecular formula is C16H20Cl2N2S. The average Bonchev–Trinajstić information content (AvgIpc) is 2.87. The molecule has 2 unspecified atom stereocenters. The predicted molar refractivity (Wildman–Crippen MR) is 94.0 cm³/mol. The lowest BCUT2D eigenvalue weighted by molar-refractivity contribution is 0.364. The van der Waals surface area contributed by atoms with Crippen LogP contribution < -0.4 is 0 Å². The Kier molecular flexibility index (Phi) is 5.03. The SMILES string of the molecule is CSC1CCCCC1n1c(CCCl)nc2cccc(Cl)c21. The largest absolute Gasteiger partial charge is 0.322 e. The molecule has 1 aromatic carbocycles. The van der Waals surface area contributed by atoms with Gasteiger partial charge in [0.05, 0.1) is 16.1 Å². The topological polar surface area (TPSA) is 17.8 Å². The molecule has 1 aliphatic carbocycles. The molecule has 0 aliphatic heterocycles. The van der Waals surface area contributed by atoms with E-state index >= 15 is 0 Å². The van der Waals surface area contributed by atoms with Gasteiger partial charge in [0.1, 0.15) is 5.82 Å². The zero-order valence-electron chi connectivity index (χ0n) is 12.2. The fourth-order valence-corrected chi connectivity index (χ4v) is 4.82. The van der Waals surface area contributed by atoms with Crippen molar-refractivity contribution >= 4 is 46.0 Å². The summed E-state index contributed by atoms with van der Waals surface area (Å²) in [5.74, 6) is 1.68. The molecule has 114 valence electrons. The van der Waals surface area contributed by atoms with Crippen LogP contribution in [0.1, 0.15) is 37.5 Å². The van der Waals surface area contributed by atoms with Gasteiger partial charge in [0.15, 0.2) is 0 Å². The number of hydrogen-bond donors (Lipinski definition) is 0. The van der Waals surface area contributed by atoms with E-state index in [0.717, 1.165) is 28.3 Å². The number of hydrogen-bond acceptors (Lipinski definition) is 2. The molecule has 1 aliphatic rings. The van der Waals surface area contributed by atoms with Crippen molar-refractivity contribution in [2.45, 2.75) is 43.4 Å². The second kappa shape index (κ2) is 6.80. The van der Waals surface area contributed by atoms with E-state index in [4.69, 9.17) is 28.2 Å². The maximum absolute atomic E-state index is 6.49. The average molecular weight is 343 g/mol. The summed E-state index contributed by atoms with van der Waals surface area (Å²) in [5.41, 5.74) is 2.08. The number of nitrogens with zero attached hydrogens (tertiary/aromatic N) is 2. The molecule has 0 bridgehead atoms. The number of fused-ring (bicyclic) bond motifs is 1. The number of imidazole rings is 1. The molecular weight excluding hydrogens is 323 g/mol. The standard InChI is InChI=1S/C16H20Cl2N2S/c1-21-14-8-3-2-7-13(14)20-15(9-10-17)19-12-6-4-5-11(18)16(12)20/h4-6,13-14H,2-3,7-10H2,1H3. The minimum Gasteiger partial charge on any atom is -0.322 e. The summed E-state index contributed by atoms with van der Waals surface area (Å²) >= 11 is 14.4. The molecule has 1 fully saturated rings. The van der Waals surface area contributed by atoms with E-state index in [0.29, 0.717) is 17.2 Å². The van der Waals surface area contributed by atoms with E-state index in [2.05, 4.69) is 10.8 Å². The smallest absolute Gasteiger partial charge is 0.111 e. The minimum absolute atomic E-state index is 0.483. The van der Waals surface area contributed by atoms with Crippen molar-refractivity contribution in [2.75, 3.05) is 12.1 Å². The van der Waals surface area contributed by atoms with E-state index in [-0.39, 0.29) is 0 Å². The number of halogens is 2. The lowest BCUT2D eigenvalue weighted by atomic mass is 9.94. The first-order valence-electron chi connectivity index (χ1n) is 7.50. The van der Waals surface area contributed by atoms with Crippen molar-refractivity contribution in [3.63, 3.8) is 0 Å². The van der Waals surface area contributed by atoms with Gasteiger partial charge in [0.25, 0.3) is 0 Å². The van der Waals surface area contributed by atoms with Gasteiger partial charge in [0, 0.05) is 23.6 Å². The van der Waals surface area contributed by atoms with Gasteiger partial charge >= 0.3 is 0 Å². The monoisotopic (exact) mass is 342 g/mol. The summed E-state index contributed by atoms with van der Waals surface area (Å²) in [6.45, 7) is 0. The van der Waals surface area contributed by atoms with Gasteiger partial charge in [-0.2, -0.15) is 11.8 Å². The highest BCUT2D eigenvalue weighted by atomic mass is 35.5. The van der Waals surface area contributed by atoms with E-state index in [9.17, 15) is 0 Å². The van der Waals surface area contributed by atoms with Gasteiger partial charge in [-0.25, -0.2) is 4.98 Å². The van der Waals surface area contributed by atoms with Crippen LogP contribution in [-0.2, 0) is 6.42 Å². The fraction of sp³-hybridized carbons (Fsp3) is 0.562. The molecule has 1 saturated carbocycles. The van der Waals surface area contributed by atoms with Crippen molar-refractivity contribution in [1.82, 2.24) is 9.55 Å². The van der Waals surface area contributed by atoms with E-state index in [1.54, 1.807) is 0 Å². The van der Waals surface area contributed by atoms with Gasteiger partial charge in [-0.3, -0.25) is 0 Å². The molecule has 0 spiro atoms. The Hall–Kier alpha value is -0.380. The molecule has 3 rings (SSSR count). The maximum atomic E-state index is 6.49. The van der Waals surface area contributed by atoms with Crippen LogP contribution in [-0.4, -0.2) is 26.9 Å². The van der Waals surface area contributed by atoms with Crippen LogP contribution in [0, 0.1) is 0 Å². The third-order valence-electron chi connectivity index (χ3n) is 4.35. The third-order valence-corrected chi connectivity index (χ3v) is 6.00. The number of aromatic nitrogens is 2. The Bertz CT molecular complexity index is 626. The minimum atomic E-state index is 0.483. The molecule has 2 nitrogen and oxygen atoms in total. The molecule has 5 heteroatoms. The predicted octanol–water partition coefficient (Wildman–Crippen LogP) is 5.32. The Morgan fingerprint density at radius 3 is 2.90 bits per heavy atom. The van der Waals surface area contributed by atoms with Gasteiger partial charge in [0.2, 0.25) is 0 Å². The van der Waals surface area contributed by atoms with Crippen molar-refractivity contribution in [3.05, 3.63) is 29.0 Å². The van der Waals surface area contributed by atoms with Gasteiger partial charge < -0.3 is 4.57 Å². The molecule has 2 atom stereocenters. The molecule has 0 amide bonds. The summed E-state index contributed by atoms with van der Waals surface area (Å²) < 4.78 is 2.39. The van der Waals surface area contributed by atoms with Gasteiger partial charge in [-0.1, -0.05) is 30.5 Å². The van der Waals surface area contributed by atoms with Crippen LogP contribution >= 0.6 is 35.0 Å². The van der Waals surface area contributed by atoms with Crippen molar-refractivity contribution in [1.29, 1.82) is 0 Å². The lowest BCUT2D eigenvalue weighted by Crippen LogP contribution is -2.26. The van der Waals surface area contributed by atoms with Crippen molar-refractivity contribution < 1.29 is 0 Å². The quantitative estimate of drug-likeness (QED) is 0.700. The molecule has 0 saturated heterocycles. The van der Waals surface area contributed by atoms with E-state index < -0.39 is 0 Å². The summed E-state index contributed by atoms with van der Waals surface area (Å²) in [6, 6.07) is 6.46. The normalized spacial score (nSPS) is 22.8. The van der Waals surface area contributed by atoms with Crippen LogP contribution in [0.25, 0.3) is 11.0 Å². The highest BCUT2D eigenvalue weighted by molar-refractivity contribution is 7.99. The second-order valence-corrected chi connectivity index (χ2v) is 7.43. The zero-order chi connectivity index (χ0) is 14.8. The summed E-state index contributed by atoms with van der Waals surface area (Å²) in [7, 11) is 0. The molecule has 0 N–H and O–H groups in total. The zero-order valence-corrected chi connectivity index (χ0v) is 14.5. The van der Waals surface area contributed by atoms with Crippen LogP contribution in [0.15, 0.2) is 18.2 Å². The summed E-state index contributed by atoms with van der Waals surface area (Å²) in [4.78, 5) is 4.79. The lowest BCUT2D eigenvalue weighted by Gasteiger charge is -2.33. The number of aryl methyl sites for hydroxylation is 1. The maximum Gasteiger partial charge on any atom is 0.111 e. The summed E-state index contributed by atoms with van der Waals surface area (Å²) in [6.07, 6.45) is 8.10. The van der Waals surface area contributed by atoms with Crippen molar-refractivity contribution in [2.24, 2.45) is 0 Å². The van der Waals surface area contributed by atoms with E-state index in [1.165, 1.54) is 25.7 Å². The molecule has 0 radical (unpaired) electrons. The molecule has 1 aromatic heterocycles. The number of thioether (sulfide) groups is 1. The van der Waals surface area contributed by atoms with Crippen LogP contribution in [0.4, 0.5) is 0 Å². The van der Waals surface area contributed by atoms with Crippen LogP contribution in [0.3, 0.4) is 0 Å². The first kappa shape index (κ1) is 15.5. The first-order chi connectivity index (χ1) is 10.3. The van der Waals surface area contributed by atoms with Crippen molar-refractivity contribution in [3.8, 4) is 0 Å². The number of para-hydroxylation sites is 1. The molecule has 2 aromatic rings. The van der Waals surface area contributed by atoms with Gasteiger partial charge in [-0.15, -0.1) is 11.6 Å². The number of benzene rings is 1. The Morgan fingerprint density at radius 1 is 1.33 bits per heavy atom.